The van der Waals surface area contributed by atoms with Gasteiger partial charge in [0, 0.05) is 17.7 Å². The maximum atomic E-state index is 12.4. The van der Waals surface area contributed by atoms with Gasteiger partial charge in [0.2, 0.25) is 11.8 Å². The molecular weight excluding hydrogens is 272 g/mol. The van der Waals surface area contributed by atoms with Crippen molar-refractivity contribution in [2.24, 2.45) is 5.92 Å². The van der Waals surface area contributed by atoms with Crippen molar-refractivity contribution in [3.63, 3.8) is 0 Å². The van der Waals surface area contributed by atoms with E-state index >= 15 is 0 Å². The van der Waals surface area contributed by atoms with Crippen molar-refractivity contribution in [3.8, 4) is 0 Å². The monoisotopic (exact) mass is 296 g/mol. The van der Waals surface area contributed by atoms with Crippen LogP contribution in [0.1, 0.15) is 40.0 Å². The average Bonchev–Trinajstić information content (AvgIpc) is 2.96. The molecule has 2 amide bonds. The third-order valence-electron chi connectivity index (χ3n) is 3.55. The first-order valence-corrected chi connectivity index (χ1v) is 8.38. The van der Waals surface area contributed by atoms with Gasteiger partial charge in [-0.1, -0.05) is 12.2 Å². The van der Waals surface area contributed by atoms with E-state index < -0.39 is 0 Å². The van der Waals surface area contributed by atoms with Crippen LogP contribution in [0.25, 0.3) is 0 Å². The van der Waals surface area contributed by atoms with E-state index in [2.05, 4.69) is 17.5 Å². The molecule has 2 atom stereocenters. The molecule has 112 valence electrons. The highest BCUT2D eigenvalue weighted by atomic mass is 32.2. The number of thioether (sulfide) groups is 1. The second kappa shape index (κ2) is 6.20. The van der Waals surface area contributed by atoms with E-state index in [0.29, 0.717) is 24.0 Å². The van der Waals surface area contributed by atoms with E-state index in [4.69, 9.17) is 0 Å². The normalized spacial score (nSPS) is 26.1. The number of rotatable bonds is 3. The Kier molecular flexibility index (Phi) is 4.78. The number of allylic oxidation sites excluding steroid dienone is 2. The molecule has 4 nitrogen and oxygen atoms in total. The number of carbonyl (C=O) groups excluding carboxylic acids is 2. The van der Waals surface area contributed by atoms with Crippen molar-refractivity contribution in [2.45, 2.75) is 51.6 Å². The van der Waals surface area contributed by atoms with Gasteiger partial charge in [-0.3, -0.25) is 9.59 Å². The van der Waals surface area contributed by atoms with E-state index in [1.165, 1.54) is 0 Å². The summed E-state index contributed by atoms with van der Waals surface area (Å²) < 4.78 is 0. The second-order valence-corrected chi connectivity index (χ2v) is 7.59. The molecule has 0 bridgehead atoms. The SMILES string of the molecule is CC(C)(C)NC(=O)C1CSCN1C(=O)CC1C=CCC1. The van der Waals surface area contributed by atoms with Gasteiger partial charge in [-0.15, -0.1) is 11.8 Å². The summed E-state index contributed by atoms with van der Waals surface area (Å²) in [4.78, 5) is 26.4. The minimum atomic E-state index is -0.308. The Bertz CT molecular complexity index is 415. The minimum Gasteiger partial charge on any atom is -0.350 e. The van der Waals surface area contributed by atoms with Gasteiger partial charge in [-0.2, -0.15) is 0 Å². The molecule has 2 unspecified atom stereocenters. The molecule has 0 aromatic rings. The van der Waals surface area contributed by atoms with Crippen molar-refractivity contribution in [3.05, 3.63) is 12.2 Å². The summed E-state index contributed by atoms with van der Waals surface area (Å²) in [6.07, 6.45) is 6.94. The van der Waals surface area contributed by atoms with E-state index in [1.807, 2.05) is 20.8 Å². The zero-order valence-corrected chi connectivity index (χ0v) is 13.3. The number of nitrogens with zero attached hydrogens (tertiary/aromatic N) is 1. The number of nitrogens with one attached hydrogen (secondary N) is 1. The molecule has 1 heterocycles. The summed E-state index contributed by atoms with van der Waals surface area (Å²) in [7, 11) is 0. The highest BCUT2D eigenvalue weighted by Crippen LogP contribution is 2.26. The first-order valence-electron chi connectivity index (χ1n) is 7.23. The summed E-state index contributed by atoms with van der Waals surface area (Å²) in [5.41, 5.74) is -0.257. The molecule has 1 aliphatic heterocycles. The highest BCUT2D eigenvalue weighted by Gasteiger charge is 2.36. The van der Waals surface area contributed by atoms with Crippen LogP contribution in [0.5, 0.6) is 0 Å². The molecule has 2 aliphatic rings. The average molecular weight is 296 g/mol. The Hall–Kier alpha value is -0.970. The molecule has 0 radical (unpaired) electrons. The van der Waals surface area contributed by atoms with Crippen LogP contribution in [0.2, 0.25) is 0 Å². The molecule has 2 rings (SSSR count). The summed E-state index contributed by atoms with van der Waals surface area (Å²) in [5, 5.41) is 2.98. The fourth-order valence-electron chi connectivity index (χ4n) is 2.57. The summed E-state index contributed by atoms with van der Waals surface area (Å²) in [5.74, 6) is 1.78. The summed E-state index contributed by atoms with van der Waals surface area (Å²) in [6.45, 7) is 5.88. The van der Waals surface area contributed by atoms with Gasteiger partial charge < -0.3 is 10.2 Å². The van der Waals surface area contributed by atoms with Gasteiger partial charge in [0.25, 0.3) is 0 Å². The first kappa shape index (κ1) is 15.4. The van der Waals surface area contributed by atoms with Crippen molar-refractivity contribution >= 4 is 23.6 Å². The number of hydrogen-bond donors (Lipinski definition) is 1. The van der Waals surface area contributed by atoms with Gasteiger partial charge in [-0.05, 0) is 39.5 Å². The molecule has 1 N–H and O–H groups in total. The van der Waals surface area contributed by atoms with Gasteiger partial charge in [0.15, 0.2) is 0 Å². The molecule has 1 fully saturated rings. The fourth-order valence-corrected chi connectivity index (χ4v) is 3.75. The van der Waals surface area contributed by atoms with Crippen LogP contribution < -0.4 is 5.32 Å². The number of amides is 2. The molecule has 0 saturated carbocycles. The Morgan fingerprint density at radius 2 is 2.15 bits per heavy atom. The van der Waals surface area contributed by atoms with Crippen LogP contribution in [-0.4, -0.2) is 39.9 Å². The highest BCUT2D eigenvalue weighted by molar-refractivity contribution is 7.99. The zero-order chi connectivity index (χ0) is 14.8. The zero-order valence-electron chi connectivity index (χ0n) is 12.5. The molecule has 0 spiro atoms. The standard InChI is InChI=1S/C15H24N2O2S/c1-15(2,3)16-14(19)12-9-20-10-17(12)13(18)8-11-6-4-5-7-11/h4,6,11-12H,5,7-10H2,1-3H3,(H,16,19). The van der Waals surface area contributed by atoms with Crippen LogP contribution in [0.3, 0.4) is 0 Å². The molecule has 1 saturated heterocycles. The van der Waals surface area contributed by atoms with Gasteiger partial charge in [0.1, 0.15) is 6.04 Å². The fraction of sp³-hybridized carbons (Fsp3) is 0.733. The minimum absolute atomic E-state index is 0.0298. The van der Waals surface area contributed by atoms with Crippen molar-refractivity contribution in [1.29, 1.82) is 0 Å². The smallest absolute Gasteiger partial charge is 0.244 e. The van der Waals surface area contributed by atoms with Crippen LogP contribution >= 0.6 is 11.8 Å². The molecular formula is C15H24N2O2S. The van der Waals surface area contributed by atoms with E-state index in [-0.39, 0.29) is 23.4 Å². The van der Waals surface area contributed by atoms with Crippen LogP contribution in [0, 0.1) is 5.92 Å². The van der Waals surface area contributed by atoms with Gasteiger partial charge >= 0.3 is 0 Å². The van der Waals surface area contributed by atoms with Crippen LogP contribution in [-0.2, 0) is 9.59 Å². The second-order valence-electron chi connectivity index (χ2n) is 6.59. The first-order chi connectivity index (χ1) is 9.37. The van der Waals surface area contributed by atoms with Crippen molar-refractivity contribution in [1.82, 2.24) is 10.2 Å². The Morgan fingerprint density at radius 3 is 2.75 bits per heavy atom. The predicted molar refractivity (Wildman–Crippen MR) is 82.3 cm³/mol. The van der Waals surface area contributed by atoms with E-state index in [1.54, 1.807) is 16.7 Å². The molecule has 20 heavy (non-hydrogen) atoms. The maximum absolute atomic E-state index is 12.4. The lowest BCUT2D eigenvalue weighted by Crippen LogP contribution is -2.52. The lowest BCUT2D eigenvalue weighted by atomic mass is 10.0. The number of carbonyl (C=O) groups is 2. The lowest BCUT2D eigenvalue weighted by Gasteiger charge is -2.28. The van der Waals surface area contributed by atoms with Crippen LogP contribution in [0.15, 0.2) is 12.2 Å². The third kappa shape index (κ3) is 4.01. The van der Waals surface area contributed by atoms with E-state index in [9.17, 15) is 9.59 Å². The topological polar surface area (TPSA) is 49.4 Å². The molecule has 0 aromatic carbocycles. The van der Waals surface area contributed by atoms with Gasteiger partial charge in [-0.25, -0.2) is 0 Å². The summed E-state index contributed by atoms with van der Waals surface area (Å²) in [6, 6.07) is -0.308. The lowest BCUT2D eigenvalue weighted by molar-refractivity contribution is -0.139. The largest absolute Gasteiger partial charge is 0.350 e. The van der Waals surface area contributed by atoms with Gasteiger partial charge in [0.05, 0.1) is 5.88 Å². The molecule has 1 aliphatic carbocycles. The summed E-state index contributed by atoms with van der Waals surface area (Å²) >= 11 is 1.66. The van der Waals surface area contributed by atoms with Crippen LogP contribution in [0.4, 0.5) is 0 Å². The Morgan fingerprint density at radius 1 is 1.40 bits per heavy atom. The predicted octanol–water partition coefficient (Wildman–Crippen LogP) is 2.16. The third-order valence-corrected chi connectivity index (χ3v) is 4.56. The van der Waals surface area contributed by atoms with Crippen molar-refractivity contribution in [2.75, 3.05) is 11.6 Å². The quantitative estimate of drug-likeness (QED) is 0.812. The molecule has 0 aromatic heterocycles. The van der Waals surface area contributed by atoms with E-state index in [0.717, 1.165) is 12.8 Å². The Labute approximate surface area is 125 Å². The van der Waals surface area contributed by atoms with Crippen molar-refractivity contribution < 1.29 is 9.59 Å². The maximum Gasteiger partial charge on any atom is 0.244 e. The Balaban J connectivity index is 1.94. The molecule has 5 heteroatoms. The number of hydrogen-bond acceptors (Lipinski definition) is 3.